The maximum Gasteiger partial charge on any atom is 0.137 e. The summed E-state index contributed by atoms with van der Waals surface area (Å²) in [7, 11) is 0. The first-order chi connectivity index (χ1) is 10.3. The fourth-order valence-electron chi connectivity index (χ4n) is 3.18. The third-order valence-electron chi connectivity index (χ3n) is 4.35. The monoisotopic (exact) mass is 303 g/mol. The topological polar surface area (TPSA) is 25.2 Å². The van der Waals surface area contributed by atoms with Gasteiger partial charge in [0.1, 0.15) is 11.3 Å². The SMILES string of the molecule is CCNC(CSC1CCCC1)c1cc2cccc(C)c2o1. The molecule has 1 aromatic carbocycles. The van der Waals surface area contributed by atoms with Crippen molar-refractivity contribution < 1.29 is 4.42 Å². The zero-order valence-corrected chi connectivity index (χ0v) is 13.8. The quantitative estimate of drug-likeness (QED) is 0.806. The van der Waals surface area contributed by atoms with E-state index in [0.717, 1.165) is 28.9 Å². The van der Waals surface area contributed by atoms with Crippen molar-refractivity contribution in [3.05, 3.63) is 35.6 Å². The van der Waals surface area contributed by atoms with E-state index in [-0.39, 0.29) is 0 Å². The summed E-state index contributed by atoms with van der Waals surface area (Å²) in [5.74, 6) is 2.20. The molecule has 0 amide bonds. The van der Waals surface area contributed by atoms with E-state index in [1.807, 2.05) is 0 Å². The average Bonchev–Trinajstić information content (AvgIpc) is 3.13. The van der Waals surface area contributed by atoms with E-state index >= 15 is 0 Å². The zero-order valence-electron chi connectivity index (χ0n) is 13.0. The van der Waals surface area contributed by atoms with Gasteiger partial charge in [-0.15, -0.1) is 0 Å². The molecule has 0 aliphatic heterocycles. The Bertz CT molecular complexity index is 586. The predicted octanol–water partition coefficient (Wildman–Crippen LogP) is 5.07. The lowest BCUT2D eigenvalue weighted by atomic mass is 10.1. The number of hydrogen-bond acceptors (Lipinski definition) is 3. The van der Waals surface area contributed by atoms with E-state index in [1.54, 1.807) is 0 Å². The van der Waals surface area contributed by atoms with Crippen LogP contribution in [0.4, 0.5) is 0 Å². The van der Waals surface area contributed by atoms with Crippen LogP contribution in [0, 0.1) is 6.92 Å². The summed E-state index contributed by atoms with van der Waals surface area (Å²) in [6.45, 7) is 5.26. The number of furan rings is 1. The van der Waals surface area contributed by atoms with Gasteiger partial charge in [0.25, 0.3) is 0 Å². The van der Waals surface area contributed by atoms with Crippen LogP contribution < -0.4 is 5.32 Å². The molecule has 0 bridgehead atoms. The lowest BCUT2D eigenvalue weighted by molar-refractivity contribution is 0.462. The molecule has 1 fully saturated rings. The van der Waals surface area contributed by atoms with E-state index in [0.29, 0.717) is 6.04 Å². The molecule has 21 heavy (non-hydrogen) atoms. The first-order valence-corrected chi connectivity index (χ1v) is 9.17. The van der Waals surface area contributed by atoms with Gasteiger partial charge in [-0.1, -0.05) is 38.0 Å². The fraction of sp³-hybridized carbons (Fsp3) is 0.556. The predicted molar refractivity (Wildman–Crippen MR) is 92.1 cm³/mol. The smallest absolute Gasteiger partial charge is 0.137 e. The van der Waals surface area contributed by atoms with Crippen molar-refractivity contribution in [1.82, 2.24) is 5.32 Å². The van der Waals surface area contributed by atoms with Gasteiger partial charge in [0.15, 0.2) is 0 Å². The van der Waals surface area contributed by atoms with Crippen molar-refractivity contribution in [2.24, 2.45) is 0 Å². The number of rotatable bonds is 6. The van der Waals surface area contributed by atoms with Gasteiger partial charge >= 0.3 is 0 Å². The molecule has 2 nitrogen and oxygen atoms in total. The maximum atomic E-state index is 6.15. The number of benzene rings is 1. The van der Waals surface area contributed by atoms with Crippen LogP contribution in [-0.4, -0.2) is 17.5 Å². The molecule has 1 aliphatic carbocycles. The molecule has 0 saturated heterocycles. The van der Waals surface area contributed by atoms with Crippen LogP contribution in [0.1, 0.15) is 50.0 Å². The second-order valence-electron chi connectivity index (χ2n) is 5.99. The fourth-order valence-corrected chi connectivity index (χ4v) is 4.59. The molecule has 114 valence electrons. The summed E-state index contributed by atoms with van der Waals surface area (Å²) >= 11 is 2.12. The molecular formula is C18H25NOS. The second kappa shape index (κ2) is 6.89. The maximum absolute atomic E-state index is 6.15. The number of nitrogens with one attached hydrogen (secondary N) is 1. The number of hydrogen-bond donors (Lipinski definition) is 1. The third kappa shape index (κ3) is 3.46. The van der Waals surface area contributed by atoms with Crippen molar-refractivity contribution in [1.29, 1.82) is 0 Å². The third-order valence-corrected chi connectivity index (χ3v) is 5.82. The minimum atomic E-state index is 0.326. The van der Waals surface area contributed by atoms with Crippen molar-refractivity contribution in [2.45, 2.75) is 50.8 Å². The molecule has 1 unspecified atom stereocenters. The summed E-state index contributed by atoms with van der Waals surface area (Å²) in [6.07, 6.45) is 5.60. The first kappa shape index (κ1) is 15.0. The highest BCUT2D eigenvalue weighted by Crippen LogP contribution is 2.33. The zero-order chi connectivity index (χ0) is 14.7. The first-order valence-electron chi connectivity index (χ1n) is 8.12. The van der Waals surface area contributed by atoms with E-state index in [9.17, 15) is 0 Å². The molecule has 3 rings (SSSR count). The largest absolute Gasteiger partial charge is 0.459 e. The average molecular weight is 303 g/mol. The Labute approximate surface area is 131 Å². The summed E-state index contributed by atoms with van der Waals surface area (Å²) in [6, 6.07) is 8.90. The van der Waals surface area contributed by atoms with E-state index < -0.39 is 0 Å². The van der Waals surface area contributed by atoms with Crippen molar-refractivity contribution in [3.63, 3.8) is 0 Å². The Balaban J connectivity index is 1.75. The Morgan fingerprint density at radius 2 is 2.14 bits per heavy atom. The molecular weight excluding hydrogens is 278 g/mol. The van der Waals surface area contributed by atoms with Gasteiger partial charge in [-0.2, -0.15) is 11.8 Å². The Morgan fingerprint density at radius 1 is 1.33 bits per heavy atom. The van der Waals surface area contributed by atoms with Gasteiger partial charge in [0.05, 0.1) is 6.04 Å². The molecule has 1 aromatic heterocycles. The molecule has 1 heterocycles. The molecule has 0 spiro atoms. The summed E-state index contributed by atoms with van der Waals surface area (Å²) in [5.41, 5.74) is 2.26. The van der Waals surface area contributed by atoms with E-state index in [4.69, 9.17) is 4.42 Å². The van der Waals surface area contributed by atoms with Crippen molar-refractivity contribution >= 4 is 22.7 Å². The normalized spacial score (nSPS) is 17.6. The molecule has 3 heteroatoms. The van der Waals surface area contributed by atoms with Gasteiger partial charge in [0, 0.05) is 16.4 Å². The van der Waals surface area contributed by atoms with Crippen LogP contribution in [-0.2, 0) is 0 Å². The van der Waals surface area contributed by atoms with E-state index in [2.05, 4.69) is 55.2 Å². The van der Waals surface area contributed by atoms with Gasteiger partial charge in [-0.05, 0) is 37.9 Å². The molecule has 0 radical (unpaired) electrons. The Morgan fingerprint density at radius 3 is 2.86 bits per heavy atom. The van der Waals surface area contributed by atoms with Gasteiger partial charge in [-0.3, -0.25) is 0 Å². The van der Waals surface area contributed by atoms with Gasteiger partial charge < -0.3 is 9.73 Å². The van der Waals surface area contributed by atoms with Crippen LogP contribution in [0.3, 0.4) is 0 Å². The van der Waals surface area contributed by atoms with Crippen LogP contribution >= 0.6 is 11.8 Å². The summed E-state index contributed by atoms with van der Waals surface area (Å²) in [4.78, 5) is 0. The molecule has 1 aliphatic rings. The lowest BCUT2D eigenvalue weighted by Crippen LogP contribution is -2.23. The molecule has 2 aromatic rings. The Hall–Kier alpha value is -0.930. The van der Waals surface area contributed by atoms with Crippen LogP contribution in [0.2, 0.25) is 0 Å². The van der Waals surface area contributed by atoms with Gasteiger partial charge in [-0.25, -0.2) is 0 Å². The van der Waals surface area contributed by atoms with Crippen LogP contribution in [0.15, 0.2) is 28.7 Å². The summed E-state index contributed by atoms with van der Waals surface area (Å²) in [5, 5.41) is 5.67. The second-order valence-corrected chi connectivity index (χ2v) is 7.33. The highest BCUT2D eigenvalue weighted by Gasteiger charge is 2.21. The minimum absolute atomic E-state index is 0.326. The van der Waals surface area contributed by atoms with Crippen molar-refractivity contribution in [2.75, 3.05) is 12.3 Å². The van der Waals surface area contributed by atoms with Crippen LogP contribution in [0.25, 0.3) is 11.0 Å². The van der Waals surface area contributed by atoms with E-state index in [1.165, 1.54) is 36.6 Å². The Kier molecular flexibility index (Phi) is 4.91. The molecule has 1 atom stereocenters. The molecule has 1 N–H and O–H groups in total. The number of para-hydroxylation sites is 1. The summed E-state index contributed by atoms with van der Waals surface area (Å²) < 4.78 is 6.15. The highest BCUT2D eigenvalue weighted by atomic mass is 32.2. The number of thioether (sulfide) groups is 1. The van der Waals surface area contributed by atoms with Crippen LogP contribution in [0.5, 0.6) is 0 Å². The lowest BCUT2D eigenvalue weighted by Gasteiger charge is -2.17. The van der Waals surface area contributed by atoms with Gasteiger partial charge in [0.2, 0.25) is 0 Å². The highest BCUT2D eigenvalue weighted by molar-refractivity contribution is 7.99. The molecule has 1 saturated carbocycles. The number of fused-ring (bicyclic) bond motifs is 1. The standard InChI is InChI=1S/C18H25NOS/c1-3-19-16(12-21-15-9-4-5-10-15)17-11-14-8-6-7-13(2)18(14)20-17/h6-8,11,15-16,19H,3-5,9-10,12H2,1-2H3. The number of aryl methyl sites for hydroxylation is 1. The van der Waals surface area contributed by atoms with Crippen molar-refractivity contribution in [3.8, 4) is 0 Å². The minimum Gasteiger partial charge on any atom is -0.459 e.